The predicted octanol–water partition coefficient (Wildman–Crippen LogP) is 2.46. The van der Waals surface area contributed by atoms with Crippen LogP contribution in [0.5, 0.6) is 0 Å². The molecule has 0 amide bonds. The summed E-state index contributed by atoms with van der Waals surface area (Å²) in [5.41, 5.74) is -0.0976. The zero-order valence-corrected chi connectivity index (χ0v) is 11.1. The molecule has 1 aliphatic rings. The van der Waals surface area contributed by atoms with Gasteiger partial charge < -0.3 is 10.1 Å². The van der Waals surface area contributed by atoms with E-state index in [0.717, 1.165) is 11.0 Å². The van der Waals surface area contributed by atoms with Gasteiger partial charge >= 0.3 is 0 Å². The highest BCUT2D eigenvalue weighted by Crippen LogP contribution is 2.44. The molecule has 2 rings (SSSR count). The molecule has 0 bridgehead atoms. The number of nitrogens with zero attached hydrogens (tertiary/aromatic N) is 2. The van der Waals surface area contributed by atoms with Gasteiger partial charge in [0, 0.05) is 18.6 Å². The number of rotatable bonds is 5. The van der Waals surface area contributed by atoms with E-state index in [0.29, 0.717) is 5.92 Å². The molecule has 4 nitrogen and oxygen atoms in total. The van der Waals surface area contributed by atoms with Crippen molar-refractivity contribution in [1.29, 1.82) is 0 Å². The van der Waals surface area contributed by atoms with Crippen LogP contribution in [-0.4, -0.2) is 28.1 Å². The summed E-state index contributed by atoms with van der Waals surface area (Å²) in [6, 6.07) is 0.248. The number of nitrogens with one attached hydrogen (secondary N) is 1. The molecular formula is C11H19N3OS. The lowest BCUT2D eigenvalue weighted by molar-refractivity contribution is -0.0246. The lowest BCUT2D eigenvalue weighted by Gasteiger charge is -2.35. The van der Waals surface area contributed by atoms with E-state index in [4.69, 9.17) is 4.74 Å². The molecule has 1 heterocycles. The fourth-order valence-electron chi connectivity index (χ4n) is 2.04. The van der Waals surface area contributed by atoms with Crippen LogP contribution in [-0.2, 0) is 4.74 Å². The summed E-state index contributed by atoms with van der Waals surface area (Å²) in [4.78, 5) is 4.32. The van der Waals surface area contributed by atoms with Gasteiger partial charge in [0.2, 0.25) is 5.13 Å². The highest BCUT2D eigenvalue weighted by atomic mass is 32.1. The third kappa shape index (κ3) is 2.20. The average Bonchev–Trinajstić information content (AvgIpc) is 3.03. The normalized spacial score (nSPS) is 21.5. The smallest absolute Gasteiger partial charge is 0.202 e. The van der Waals surface area contributed by atoms with Crippen LogP contribution in [0.2, 0.25) is 0 Å². The summed E-state index contributed by atoms with van der Waals surface area (Å²) in [6.07, 6.45) is 2.54. The first-order chi connectivity index (χ1) is 7.56. The molecule has 0 saturated heterocycles. The summed E-state index contributed by atoms with van der Waals surface area (Å²) < 4.78 is 9.86. The Morgan fingerprint density at radius 3 is 2.69 bits per heavy atom. The van der Waals surface area contributed by atoms with Crippen molar-refractivity contribution in [2.24, 2.45) is 5.92 Å². The second kappa shape index (κ2) is 4.30. The van der Waals surface area contributed by atoms with Gasteiger partial charge in [-0.15, -0.1) is 0 Å². The van der Waals surface area contributed by atoms with Crippen LogP contribution >= 0.6 is 11.5 Å². The van der Waals surface area contributed by atoms with Gasteiger partial charge in [-0.2, -0.15) is 4.37 Å². The maximum Gasteiger partial charge on any atom is 0.202 e. The Labute approximate surface area is 101 Å². The van der Waals surface area contributed by atoms with Gasteiger partial charge in [-0.25, -0.2) is 4.98 Å². The van der Waals surface area contributed by atoms with Gasteiger partial charge in [-0.1, -0.05) is 0 Å². The molecule has 16 heavy (non-hydrogen) atoms. The average molecular weight is 241 g/mol. The molecule has 0 spiro atoms. The van der Waals surface area contributed by atoms with E-state index in [1.165, 1.54) is 24.4 Å². The van der Waals surface area contributed by atoms with Crippen molar-refractivity contribution >= 4 is 16.7 Å². The third-order valence-corrected chi connectivity index (χ3v) is 4.29. The lowest BCUT2D eigenvalue weighted by Crippen LogP contribution is -2.46. The molecular weight excluding hydrogens is 222 g/mol. The SMILES string of the molecule is CO[C@](C)(C1CC1)[C@@H](C)Nc1nc(C)ns1. The van der Waals surface area contributed by atoms with Crippen LogP contribution < -0.4 is 5.32 Å². The zero-order valence-electron chi connectivity index (χ0n) is 10.3. The molecule has 0 aliphatic heterocycles. The van der Waals surface area contributed by atoms with Crippen molar-refractivity contribution in [2.45, 2.75) is 45.3 Å². The summed E-state index contributed by atoms with van der Waals surface area (Å²) in [7, 11) is 1.79. The number of hydrogen-bond acceptors (Lipinski definition) is 5. The standard InChI is InChI=1S/C11H19N3OS/c1-7(11(3,15-4)9-5-6-9)12-10-13-8(2)14-16-10/h7,9H,5-6H2,1-4H3,(H,12,13,14)/t7-,11+/m1/s1. The first-order valence-electron chi connectivity index (χ1n) is 5.68. The summed E-state index contributed by atoms with van der Waals surface area (Å²) in [5.74, 6) is 1.50. The summed E-state index contributed by atoms with van der Waals surface area (Å²) in [5, 5.41) is 4.28. The van der Waals surface area contributed by atoms with E-state index < -0.39 is 0 Å². The summed E-state index contributed by atoms with van der Waals surface area (Å²) in [6.45, 7) is 6.23. The minimum atomic E-state index is -0.0976. The van der Waals surface area contributed by atoms with E-state index in [9.17, 15) is 0 Å². The summed E-state index contributed by atoms with van der Waals surface area (Å²) >= 11 is 1.41. The maximum absolute atomic E-state index is 5.70. The largest absolute Gasteiger partial charge is 0.376 e. The maximum atomic E-state index is 5.70. The van der Waals surface area contributed by atoms with Gasteiger partial charge in [-0.05, 0) is 39.5 Å². The number of aryl methyl sites for hydroxylation is 1. The van der Waals surface area contributed by atoms with E-state index in [1.807, 2.05) is 6.92 Å². The second-order valence-electron chi connectivity index (χ2n) is 4.68. The predicted molar refractivity (Wildman–Crippen MR) is 65.9 cm³/mol. The van der Waals surface area contributed by atoms with Crippen molar-refractivity contribution in [1.82, 2.24) is 9.36 Å². The Hall–Kier alpha value is -0.680. The molecule has 5 heteroatoms. The quantitative estimate of drug-likeness (QED) is 0.860. The molecule has 90 valence electrons. The Balaban J connectivity index is 2.03. The Kier molecular flexibility index (Phi) is 3.17. The van der Waals surface area contributed by atoms with Crippen LogP contribution in [0, 0.1) is 12.8 Å². The molecule has 1 N–H and O–H groups in total. The minimum absolute atomic E-state index is 0.0976. The van der Waals surface area contributed by atoms with Gasteiger partial charge in [0.1, 0.15) is 5.82 Å². The Morgan fingerprint density at radius 1 is 1.56 bits per heavy atom. The van der Waals surface area contributed by atoms with E-state index in [-0.39, 0.29) is 11.6 Å². The van der Waals surface area contributed by atoms with E-state index >= 15 is 0 Å². The number of ether oxygens (including phenoxy) is 1. The second-order valence-corrected chi connectivity index (χ2v) is 5.43. The van der Waals surface area contributed by atoms with Crippen molar-refractivity contribution in [3.8, 4) is 0 Å². The van der Waals surface area contributed by atoms with Crippen molar-refractivity contribution in [3.63, 3.8) is 0 Å². The van der Waals surface area contributed by atoms with Crippen LogP contribution in [0.1, 0.15) is 32.5 Å². The number of hydrogen-bond donors (Lipinski definition) is 1. The van der Waals surface area contributed by atoms with Crippen LogP contribution in [0.15, 0.2) is 0 Å². The molecule has 1 aromatic rings. The molecule has 0 aromatic carbocycles. The molecule has 1 aromatic heterocycles. The molecule has 1 saturated carbocycles. The van der Waals surface area contributed by atoms with E-state index in [1.54, 1.807) is 7.11 Å². The Bertz CT molecular complexity index is 364. The number of anilines is 1. The third-order valence-electron chi connectivity index (χ3n) is 3.56. The van der Waals surface area contributed by atoms with Crippen molar-refractivity contribution in [3.05, 3.63) is 5.82 Å². The van der Waals surface area contributed by atoms with E-state index in [2.05, 4.69) is 28.5 Å². The highest BCUT2D eigenvalue weighted by molar-refractivity contribution is 7.09. The highest BCUT2D eigenvalue weighted by Gasteiger charge is 2.45. The molecule has 2 atom stereocenters. The van der Waals surface area contributed by atoms with Crippen LogP contribution in [0.25, 0.3) is 0 Å². The first kappa shape index (κ1) is 11.8. The number of aromatic nitrogens is 2. The van der Waals surface area contributed by atoms with Crippen LogP contribution in [0.4, 0.5) is 5.13 Å². The van der Waals surface area contributed by atoms with Crippen LogP contribution in [0.3, 0.4) is 0 Å². The molecule has 1 fully saturated rings. The van der Waals surface area contributed by atoms with Crippen molar-refractivity contribution < 1.29 is 4.74 Å². The molecule has 0 unspecified atom stereocenters. The zero-order chi connectivity index (χ0) is 11.8. The van der Waals surface area contributed by atoms with Gasteiger partial charge in [0.05, 0.1) is 11.6 Å². The number of methoxy groups -OCH3 is 1. The van der Waals surface area contributed by atoms with Gasteiger partial charge in [0.15, 0.2) is 0 Å². The monoisotopic (exact) mass is 241 g/mol. The lowest BCUT2D eigenvalue weighted by atomic mass is 9.92. The first-order valence-corrected chi connectivity index (χ1v) is 6.45. The van der Waals surface area contributed by atoms with Gasteiger partial charge in [-0.3, -0.25) is 0 Å². The molecule has 0 radical (unpaired) electrons. The fourth-order valence-corrected chi connectivity index (χ4v) is 2.70. The molecule has 1 aliphatic carbocycles. The Morgan fingerprint density at radius 2 is 2.25 bits per heavy atom. The minimum Gasteiger partial charge on any atom is -0.376 e. The fraction of sp³-hybridized carbons (Fsp3) is 0.818. The van der Waals surface area contributed by atoms with Crippen molar-refractivity contribution in [2.75, 3.05) is 12.4 Å². The topological polar surface area (TPSA) is 47.0 Å². The van der Waals surface area contributed by atoms with Gasteiger partial charge in [0.25, 0.3) is 0 Å².